The maximum atomic E-state index is 9.09. The number of hydrogen-bond acceptors (Lipinski definition) is 7. The summed E-state index contributed by atoms with van der Waals surface area (Å²) >= 11 is 0. The van der Waals surface area contributed by atoms with Gasteiger partial charge in [-0.05, 0) is 23.8 Å². The third kappa shape index (κ3) is 3.43. The molecule has 1 heterocycles. The Hall–Kier alpha value is -3.14. The van der Waals surface area contributed by atoms with Gasteiger partial charge in [-0.1, -0.05) is 0 Å². The van der Waals surface area contributed by atoms with Crippen molar-refractivity contribution in [1.82, 2.24) is 4.98 Å². The van der Waals surface area contributed by atoms with Crippen molar-refractivity contribution in [2.75, 3.05) is 40.3 Å². The molecule has 0 amide bonds. The molecule has 1 aromatic heterocycles. The van der Waals surface area contributed by atoms with Crippen LogP contribution in [0.15, 0.2) is 16.5 Å². The normalized spacial score (nSPS) is 10.5. The van der Waals surface area contributed by atoms with Crippen LogP contribution in [0.5, 0.6) is 17.2 Å². The van der Waals surface area contributed by atoms with Crippen LogP contribution in [0.4, 0.5) is 5.88 Å². The van der Waals surface area contributed by atoms with Crippen molar-refractivity contribution >= 4 is 18.0 Å². The largest absolute Gasteiger partial charge is 0.493 e. The standard InChI is InChI=1S/C17H19N3O4/c1-20(2)17-12(10-18)19-15(24-17)7-6-11-8-13(21-3)16(23-5)14(9-11)22-4/h6-9H,1-5H3/b7-6+. The Morgan fingerprint density at radius 3 is 2.12 bits per heavy atom. The van der Waals surface area contributed by atoms with Crippen LogP contribution in [0.25, 0.3) is 12.2 Å². The summed E-state index contributed by atoms with van der Waals surface area (Å²) in [5, 5.41) is 9.09. The molecule has 0 aliphatic heterocycles. The zero-order valence-electron chi connectivity index (χ0n) is 14.3. The molecule has 0 bridgehead atoms. The second-order valence-electron chi connectivity index (χ2n) is 5.00. The zero-order chi connectivity index (χ0) is 17.7. The van der Waals surface area contributed by atoms with Crippen molar-refractivity contribution in [2.24, 2.45) is 0 Å². The first-order valence-electron chi connectivity index (χ1n) is 7.10. The van der Waals surface area contributed by atoms with Crippen LogP contribution >= 0.6 is 0 Å². The number of methoxy groups -OCH3 is 3. The smallest absolute Gasteiger partial charge is 0.234 e. The number of ether oxygens (including phenoxy) is 3. The number of nitrogens with zero attached hydrogens (tertiary/aromatic N) is 3. The molecule has 0 atom stereocenters. The van der Waals surface area contributed by atoms with E-state index in [-0.39, 0.29) is 5.69 Å². The molecule has 7 nitrogen and oxygen atoms in total. The van der Waals surface area contributed by atoms with Gasteiger partial charge in [0.2, 0.25) is 23.2 Å². The van der Waals surface area contributed by atoms with Gasteiger partial charge in [-0.25, -0.2) is 0 Å². The van der Waals surface area contributed by atoms with Crippen molar-refractivity contribution in [3.63, 3.8) is 0 Å². The molecule has 0 radical (unpaired) electrons. The molecular formula is C17H19N3O4. The minimum absolute atomic E-state index is 0.240. The first kappa shape index (κ1) is 17.2. The minimum atomic E-state index is 0.240. The molecule has 2 aromatic rings. The molecule has 0 saturated heterocycles. The van der Waals surface area contributed by atoms with Gasteiger partial charge in [0.15, 0.2) is 11.5 Å². The fraction of sp³-hybridized carbons (Fsp3) is 0.294. The zero-order valence-corrected chi connectivity index (χ0v) is 14.3. The van der Waals surface area contributed by atoms with Gasteiger partial charge in [-0.2, -0.15) is 10.2 Å². The molecule has 0 aliphatic carbocycles. The molecule has 0 N–H and O–H groups in total. The van der Waals surface area contributed by atoms with E-state index in [4.69, 9.17) is 23.9 Å². The lowest BCUT2D eigenvalue weighted by atomic mass is 10.1. The fourth-order valence-electron chi connectivity index (χ4n) is 2.14. The van der Waals surface area contributed by atoms with Gasteiger partial charge < -0.3 is 23.5 Å². The summed E-state index contributed by atoms with van der Waals surface area (Å²) in [5.41, 5.74) is 1.05. The number of nitriles is 1. The SMILES string of the molecule is COc1cc(/C=C/c2nc(C#N)c(N(C)C)o2)cc(OC)c1OC. The molecule has 0 unspecified atom stereocenters. The summed E-state index contributed by atoms with van der Waals surface area (Å²) in [6.45, 7) is 0. The van der Waals surface area contributed by atoms with Crippen LogP contribution in [0.2, 0.25) is 0 Å². The van der Waals surface area contributed by atoms with Crippen LogP contribution in [0.1, 0.15) is 17.1 Å². The van der Waals surface area contributed by atoms with E-state index in [2.05, 4.69) is 4.98 Å². The molecule has 0 fully saturated rings. The van der Waals surface area contributed by atoms with E-state index in [0.717, 1.165) is 5.56 Å². The summed E-state index contributed by atoms with van der Waals surface area (Å²) < 4.78 is 21.5. The highest BCUT2D eigenvalue weighted by Gasteiger charge is 2.14. The quantitative estimate of drug-likeness (QED) is 0.806. The molecule has 0 saturated carbocycles. The van der Waals surface area contributed by atoms with E-state index in [9.17, 15) is 0 Å². The molecule has 0 spiro atoms. The lowest BCUT2D eigenvalue weighted by Crippen LogP contribution is -2.08. The minimum Gasteiger partial charge on any atom is -0.493 e. The van der Waals surface area contributed by atoms with Crippen LogP contribution in [-0.4, -0.2) is 40.4 Å². The highest BCUT2D eigenvalue weighted by atomic mass is 16.5. The summed E-state index contributed by atoms with van der Waals surface area (Å²) in [6, 6.07) is 5.62. The summed E-state index contributed by atoms with van der Waals surface area (Å²) in [7, 11) is 8.24. The lowest BCUT2D eigenvalue weighted by Gasteiger charge is -2.12. The van der Waals surface area contributed by atoms with E-state index >= 15 is 0 Å². The van der Waals surface area contributed by atoms with E-state index in [0.29, 0.717) is 29.0 Å². The van der Waals surface area contributed by atoms with Gasteiger partial charge in [-0.3, -0.25) is 0 Å². The predicted octanol–water partition coefficient (Wildman–Crippen LogP) is 2.81. The Labute approximate surface area is 140 Å². The van der Waals surface area contributed by atoms with Crippen molar-refractivity contribution in [3.8, 4) is 23.3 Å². The first-order valence-corrected chi connectivity index (χ1v) is 7.10. The Bertz CT molecular complexity index is 763. The maximum absolute atomic E-state index is 9.09. The van der Waals surface area contributed by atoms with Gasteiger partial charge in [-0.15, -0.1) is 0 Å². The number of rotatable bonds is 6. The molecule has 126 valence electrons. The van der Waals surface area contributed by atoms with Crippen molar-refractivity contribution in [1.29, 1.82) is 5.26 Å². The molecule has 0 aliphatic rings. The van der Waals surface area contributed by atoms with E-state index in [1.807, 2.05) is 6.07 Å². The fourth-order valence-corrected chi connectivity index (χ4v) is 2.14. The van der Waals surface area contributed by atoms with Gasteiger partial charge in [0.1, 0.15) is 6.07 Å². The Morgan fingerprint density at radius 1 is 1.08 bits per heavy atom. The summed E-state index contributed by atoms with van der Waals surface area (Å²) in [4.78, 5) is 5.84. The van der Waals surface area contributed by atoms with E-state index in [1.165, 1.54) is 0 Å². The third-order valence-corrected chi connectivity index (χ3v) is 3.24. The highest BCUT2D eigenvalue weighted by molar-refractivity contribution is 5.71. The summed E-state index contributed by atoms with van der Waals surface area (Å²) in [5.74, 6) is 2.38. The van der Waals surface area contributed by atoms with Gasteiger partial charge >= 0.3 is 0 Å². The molecule has 2 rings (SSSR count). The first-order chi connectivity index (χ1) is 11.5. The topological polar surface area (TPSA) is 80.8 Å². The van der Waals surface area contributed by atoms with Gasteiger partial charge in [0.25, 0.3) is 0 Å². The maximum Gasteiger partial charge on any atom is 0.234 e. The number of hydrogen-bond donors (Lipinski definition) is 0. The molecule has 7 heteroatoms. The predicted molar refractivity (Wildman–Crippen MR) is 90.6 cm³/mol. The third-order valence-electron chi connectivity index (χ3n) is 3.24. The van der Waals surface area contributed by atoms with Gasteiger partial charge in [0, 0.05) is 20.2 Å². The Kier molecular flexibility index (Phi) is 5.32. The lowest BCUT2D eigenvalue weighted by molar-refractivity contribution is 0.324. The summed E-state index contributed by atoms with van der Waals surface area (Å²) in [6.07, 6.45) is 3.46. The van der Waals surface area contributed by atoms with Crippen LogP contribution in [0.3, 0.4) is 0 Å². The molecule has 1 aromatic carbocycles. The van der Waals surface area contributed by atoms with Gasteiger partial charge in [0.05, 0.1) is 21.3 Å². The van der Waals surface area contributed by atoms with Crippen LogP contribution in [0, 0.1) is 11.3 Å². The van der Waals surface area contributed by atoms with Crippen molar-refractivity contribution in [2.45, 2.75) is 0 Å². The monoisotopic (exact) mass is 329 g/mol. The van der Waals surface area contributed by atoms with Crippen LogP contribution in [-0.2, 0) is 0 Å². The average molecular weight is 329 g/mol. The molecular weight excluding hydrogens is 310 g/mol. The van der Waals surface area contributed by atoms with E-state index in [1.54, 1.807) is 64.6 Å². The van der Waals surface area contributed by atoms with Crippen molar-refractivity contribution in [3.05, 3.63) is 29.3 Å². The second-order valence-corrected chi connectivity index (χ2v) is 5.00. The number of anilines is 1. The van der Waals surface area contributed by atoms with Crippen LogP contribution < -0.4 is 19.1 Å². The second kappa shape index (κ2) is 7.42. The number of benzene rings is 1. The van der Waals surface area contributed by atoms with E-state index < -0.39 is 0 Å². The Balaban J connectivity index is 2.37. The highest BCUT2D eigenvalue weighted by Crippen LogP contribution is 2.38. The Morgan fingerprint density at radius 2 is 1.71 bits per heavy atom. The molecule has 24 heavy (non-hydrogen) atoms. The number of aromatic nitrogens is 1. The van der Waals surface area contributed by atoms with Crippen molar-refractivity contribution < 1.29 is 18.6 Å². The number of oxazole rings is 1. The average Bonchev–Trinajstić information content (AvgIpc) is 3.02.